The number of carboxylic acids is 1. The molecule has 7 nitrogen and oxygen atoms in total. The van der Waals surface area contributed by atoms with E-state index >= 15 is 0 Å². The number of fused-ring (bicyclic) bond motifs is 1. The second kappa shape index (κ2) is 3.59. The molecule has 1 N–H and O–H groups in total. The van der Waals surface area contributed by atoms with E-state index in [1.54, 1.807) is 0 Å². The highest BCUT2D eigenvalue weighted by Crippen LogP contribution is 2.40. The number of carbonyl (C=O) groups is 1. The van der Waals surface area contributed by atoms with Gasteiger partial charge in [0.05, 0.1) is 13.1 Å². The van der Waals surface area contributed by atoms with Gasteiger partial charge in [0.1, 0.15) is 17.6 Å². The predicted octanol–water partition coefficient (Wildman–Crippen LogP) is 1.76. The molecular weight excluding hydrogens is 250 g/mol. The van der Waals surface area contributed by atoms with Crippen LogP contribution in [0.5, 0.6) is 0 Å². The molecule has 4 rings (SSSR count). The molecule has 0 aromatic carbocycles. The Kier molecular flexibility index (Phi) is 2.01. The quantitative estimate of drug-likeness (QED) is 0.899. The topological polar surface area (TPSA) is 92.6 Å². The van der Waals surface area contributed by atoms with Crippen LogP contribution in [-0.4, -0.2) is 21.3 Å². The lowest BCUT2D eigenvalue weighted by Crippen LogP contribution is -2.15. The van der Waals surface area contributed by atoms with E-state index in [2.05, 4.69) is 10.2 Å². The van der Waals surface area contributed by atoms with Crippen molar-refractivity contribution < 1.29 is 18.7 Å². The number of hydrogen-bond acceptors (Lipinski definition) is 6. The van der Waals surface area contributed by atoms with Crippen molar-refractivity contribution in [2.45, 2.75) is 31.8 Å². The molecule has 3 heterocycles. The maximum Gasteiger partial charge on any atom is 0.339 e. The van der Waals surface area contributed by atoms with Gasteiger partial charge in [-0.15, -0.1) is 5.10 Å². The Hall–Kier alpha value is -2.31. The zero-order chi connectivity index (χ0) is 13.0. The van der Waals surface area contributed by atoms with E-state index in [1.165, 1.54) is 6.26 Å². The highest BCUT2D eigenvalue weighted by molar-refractivity contribution is 5.89. The molecule has 0 unspecified atom stereocenters. The van der Waals surface area contributed by atoms with Gasteiger partial charge in [0, 0.05) is 11.5 Å². The maximum absolute atomic E-state index is 11.0. The van der Waals surface area contributed by atoms with Crippen LogP contribution in [-0.2, 0) is 13.1 Å². The normalized spacial score (nSPS) is 17.8. The van der Waals surface area contributed by atoms with E-state index < -0.39 is 5.97 Å². The average Bonchev–Trinajstić information content (AvgIpc) is 2.83. The number of furan rings is 1. The number of hydrogen-bond donors (Lipinski definition) is 1. The SMILES string of the molecule is O=C(O)c1coc2c1CN(c1nnc(C3CC3)o1)C2. The molecule has 0 atom stereocenters. The molecule has 1 saturated carbocycles. The molecule has 7 heteroatoms. The Morgan fingerprint density at radius 1 is 1.37 bits per heavy atom. The minimum Gasteiger partial charge on any atom is -0.478 e. The van der Waals surface area contributed by atoms with Crippen LogP contribution < -0.4 is 4.90 Å². The Labute approximate surface area is 107 Å². The van der Waals surface area contributed by atoms with Crippen LogP contribution in [0.25, 0.3) is 0 Å². The fraction of sp³-hybridized carbons (Fsp3) is 0.417. The van der Waals surface area contributed by atoms with Gasteiger partial charge in [0.2, 0.25) is 5.89 Å². The van der Waals surface area contributed by atoms with Crippen LogP contribution in [0, 0.1) is 0 Å². The zero-order valence-electron chi connectivity index (χ0n) is 10.00. The number of rotatable bonds is 3. The lowest BCUT2D eigenvalue weighted by atomic mass is 10.2. The number of nitrogens with zero attached hydrogens (tertiary/aromatic N) is 3. The van der Waals surface area contributed by atoms with Crippen LogP contribution >= 0.6 is 0 Å². The van der Waals surface area contributed by atoms with Crippen molar-refractivity contribution >= 4 is 12.0 Å². The Morgan fingerprint density at radius 3 is 2.95 bits per heavy atom. The summed E-state index contributed by atoms with van der Waals surface area (Å²) in [6.45, 7) is 0.898. The van der Waals surface area contributed by atoms with Crippen LogP contribution in [0.3, 0.4) is 0 Å². The van der Waals surface area contributed by atoms with Crippen molar-refractivity contribution in [3.8, 4) is 0 Å². The van der Waals surface area contributed by atoms with Gasteiger partial charge in [-0.1, -0.05) is 5.10 Å². The lowest BCUT2D eigenvalue weighted by Gasteiger charge is -2.10. The van der Waals surface area contributed by atoms with Crippen molar-refractivity contribution in [2.24, 2.45) is 0 Å². The molecule has 0 saturated heterocycles. The Balaban J connectivity index is 1.60. The third-order valence-electron chi connectivity index (χ3n) is 3.52. The molecule has 2 aromatic rings. The van der Waals surface area contributed by atoms with Crippen molar-refractivity contribution in [3.63, 3.8) is 0 Å². The van der Waals surface area contributed by atoms with Crippen molar-refractivity contribution in [3.05, 3.63) is 29.0 Å². The molecule has 2 aromatic heterocycles. The molecule has 1 fully saturated rings. The Bertz CT molecular complexity index is 656. The summed E-state index contributed by atoms with van der Waals surface area (Å²) in [5.41, 5.74) is 0.901. The van der Waals surface area contributed by atoms with Gasteiger partial charge in [0.15, 0.2) is 0 Å². The van der Waals surface area contributed by atoms with Crippen LogP contribution in [0.2, 0.25) is 0 Å². The predicted molar refractivity (Wildman–Crippen MR) is 61.8 cm³/mol. The molecule has 2 aliphatic rings. The number of carboxylic acid groups (broad SMARTS) is 1. The van der Waals surface area contributed by atoms with E-state index in [-0.39, 0.29) is 5.56 Å². The first-order valence-corrected chi connectivity index (χ1v) is 6.13. The van der Waals surface area contributed by atoms with Gasteiger partial charge in [-0.25, -0.2) is 4.79 Å². The second-order valence-electron chi connectivity index (χ2n) is 4.91. The Morgan fingerprint density at radius 2 is 2.21 bits per heavy atom. The lowest BCUT2D eigenvalue weighted by molar-refractivity contribution is 0.0695. The highest BCUT2D eigenvalue weighted by atomic mass is 16.4. The summed E-state index contributed by atoms with van der Waals surface area (Å²) >= 11 is 0. The number of aromatic carboxylic acids is 1. The van der Waals surface area contributed by atoms with Crippen molar-refractivity contribution in [1.82, 2.24) is 10.2 Å². The van der Waals surface area contributed by atoms with E-state index in [0.29, 0.717) is 42.2 Å². The first kappa shape index (κ1) is 10.6. The van der Waals surface area contributed by atoms with Gasteiger partial charge in [-0.05, 0) is 12.8 Å². The van der Waals surface area contributed by atoms with Crippen molar-refractivity contribution in [2.75, 3.05) is 4.90 Å². The van der Waals surface area contributed by atoms with E-state index in [0.717, 1.165) is 12.8 Å². The third kappa shape index (κ3) is 1.61. The summed E-state index contributed by atoms with van der Waals surface area (Å²) in [7, 11) is 0. The first-order valence-electron chi connectivity index (χ1n) is 6.13. The zero-order valence-corrected chi connectivity index (χ0v) is 10.00. The first-order chi connectivity index (χ1) is 9.22. The van der Waals surface area contributed by atoms with Crippen LogP contribution in [0.4, 0.5) is 6.01 Å². The fourth-order valence-electron chi connectivity index (χ4n) is 2.31. The molecule has 1 aliphatic carbocycles. The summed E-state index contributed by atoms with van der Waals surface area (Å²) in [4.78, 5) is 12.9. The van der Waals surface area contributed by atoms with Gasteiger partial charge in [0.25, 0.3) is 0 Å². The molecule has 98 valence electrons. The summed E-state index contributed by atoms with van der Waals surface area (Å²) in [5.74, 6) is 0.769. The molecule has 0 spiro atoms. The molecule has 1 aliphatic heterocycles. The molecule has 0 amide bonds. The summed E-state index contributed by atoms with van der Waals surface area (Å²) in [6, 6.07) is 0.435. The molecule has 0 bridgehead atoms. The highest BCUT2D eigenvalue weighted by Gasteiger charge is 2.33. The van der Waals surface area contributed by atoms with E-state index in [4.69, 9.17) is 13.9 Å². The third-order valence-corrected chi connectivity index (χ3v) is 3.52. The molecule has 19 heavy (non-hydrogen) atoms. The maximum atomic E-state index is 11.0. The van der Waals surface area contributed by atoms with Crippen molar-refractivity contribution in [1.29, 1.82) is 0 Å². The monoisotopic (exact) mass is 261 g/mol. The van der Waals surface area contributed by atoms with Gasteiger partial charge < -0.3 is 18.8 Å². The van der Waals surface area contributed by atoms with E-state index in [1.807, 2.05) is 4.90 Å². The van der Waals surface area contributed by atoms with Gasteiger partial charge in [-0.3, -0.25) is 0 Å². The minimum absolute atomic E-state index is 0.208. The van der Waals surface area contributed by atoms with Crippen LogP contribution in [0.15, 0.2) is 15.1 Å². The van der Waals surface area contributed by atoms with Gasteiger partial charge >= 0.3 is 12.0 Å². The largest absolute Gasteiger partial charge is 0.478 e. The minimum atomic E-state index is -0.976. The van der Waals surface area contributed by atoms with Gasteiger partial charge in [-0.2, -0.15) is 0 Å². The summed E-state index contributed by atoms with van der Waals surface area (Å²) in [6.07, 6.45) is 3.49. The summed E-state index contributed by atoms with van der Waals surface area (Å²) < 4.78 is 10.9. The van der Waals surface area contributed by atoms with E-state index in [9.17, 15) is 4.79 Å². The fourth-order valence-corrected chi connectivity index (χ4v) is 2.31. The standard InChI is InChI=1S/C12H11N3O4/c16-11(17)8-5-18-9-4-15(3-7(8)9)12-14-13-10(19-12)6-1-2-6/h5-6H,1-4H2,(H,16,17). The number of aromatic nitrogens is 2. The van der Waals surface area contributed by atoms with Crippen LogP contribution in [0.1, 0.15) is 46.3 Å². The molecular formula is C12H11N3O4. The smallest absolute Gasteiger partial charge is 0.339 e. The second-order valence-corrected chi connectivity index (χ2v) is 4.91. The number of anilines is 1. The average molecular weight is 261 g/mol. The molecule has 0 radical (unpaired) electrons. The summed E-state index contributed by atoms with van der Waals surface area (Å²) in [5, 5.41) is 17.1.